The summed E-state index contributed by atoms with van der Waals surface area (Å²) in [4.78, 5) is 26.2. The first kappa shape index (κ1) is 20.2. The van der Waals surface area contributed by atoms with E-state index in [0.29, 0.717) is 34.1 Å². The normalized spacial score (nSPS) is 15.3. The summed E-state index contributed by atoms with van der Waals surface area (Å²) in [5, 5.41) is 7.50. The van der Waals surface area contributed by atoms with Crippen LogP contribution in [-0.2, 0) is 4.79 Å². The summed E-state index contributed by atoms with van der Waals surface area (Å²) in [6, 6.07) is 12.7. The van der Waals surface area contributed by atoms with Crippen molar-refractivity contribution >= 4 is 33.4 Å². The summed E-state index contributed by atoms with van der Waals surface area (Å²) < 4.78 is 13.4. The predicted molar refractivity (Wildman–Crippen MR) is 116 cm³/mol. The van der Waals surface area contributed by atoms with Gasteiger partial charge >= 0.3 is 0 Å². The number of aromatic nitrogens is 2. The van der Waals surface area contributed by atoms with Crippen LogP contribution in [0.4, 0.5) is 5.82 Å². The molecule has 30 heavy (non-hydrogen) atoms. The number of nitrogens with one attached hydrogen (secondary N) is 1. The molecule has 1 aliphatic rings. The minimum atomic E-state index is -0.692. The van der Waals surface area contributed by atoms with Crippen molar-refractivity contribution in [2.45, 2.75) is 19.3 Å². The van der Waals surface area contributed by atoms with Crippen LogP contribution in [0.3, 0.4) is 0 Å². The van der Waals surface area contributed by atoms with Gasteiger partial charge in [-0.05, 0) is 43.3 Å². The predicted octanol–water partition coefficient (Wildman–Crippen LogP) is 4.27. The summed E-state index contributed by atoms with van der Waals surface area (Å²) in [6.45, 7) is 1.84. The number of amides is 1. The Balaban J connectivity index is 1.85. The molecule has 0 saturated heterocycles. The number of hydrogen-bond donors (Lipinski definition) is 1. The van der Waals surface area contributed by atoms with Gasteiger partial charge in [0, 0.05) is 16.5 Å². The Bertz CT molecular complexity index is 1120. The number of carbonyl (C=O) groups excluding carboxylic acids is 2. The van der Waals surface area contributed by atoms with Crippen LogP contribution < -0.4 is 14.8 Å². The number of ether oxygens (including phenoxy) is 2. The molecular weight excluding hydrogens is 450 g/mol. The first-order valence-electron chi connectivity index (χ1n) is 9.35. The molecule has 1 unspecified atom stereocenters. The van der Waals surface area contributed by atoms with Gasteiger partial charge in [-0.25, -0.2) is 4.68 Å². The molecular formula is C22H20BrN3O4. The molecule has 0 spiro atoms. The highest BCUT2D eigenvalue weighted by Gasteiger charge is 2.38. The maximum absolute atomic E-state index is 13.6. The van der Waals surface area contributed by atoms with Gasteiger partial charge in [-0.1, -0.05) is 22.0 Å². The lowest BCUT2D eigenvalue weighted by atomic mass is 9.85. The summed E-state index contributed by atoms with van der Waals surface area (Å²) in [7, 11) is 3.00. The van der Waals surface area contributed by atoms with Crippen LogP contribution in [0, 0.1) is 6.92 Å². The van der Waals surface area contributed by atoms with Crippen molar-refractivity contribution in [3.05, 3.63) is 63.8 Å². The standard InChI is InChI=1S/C22H20BrN3O4/c1-12-19-15(21(28)20-16(29-2)5-4-6-17(20)30-3)11-18(27)24-22(19)26(25-12)14-9-7-13(23)8-10-14/h4-10,15H,11H2,1-3H3,(H,24,27). The molecule has 4 rings (SSSR count). The number of anilines is 1. The fourth-order valence-corrected chi connectivity index (χ4v) is 4.07. The number of halogens is 1. The van der Waals surface area contributed by atoms with Crippen molar-refractivity contribution < 1.29 is 19.1 Å². The number of fused-ring (bicyclic) bond motifs is 1. The molecule has 3 aromatic rings. The molecule has 2 aromatic carbocycles. The Kier molecular flexibility index (Phi) is 5.34. The average Bonchev–Trinajstić information content (AvgIpc) is 3.08. The van der Waals surface area contributed by atoms with Gasteiger partial charge in [-0.15, -0.1) is 0 Å². The highest BCUT2D eigenvalue weighted by Crippen LogP contribution is 2.41. The Morgan fingerprint density at radius 3 is 2.37 bits per heavy atom. The molecule has 1 aliphatic heterocycles. The molecule has 8 heteroatoms. The SMILES string of the molecule is COc1cccc(OC)c1C(=O)C1CC(=O)Nc2c1c(C)nn2-c1ccc(Br)cc1. The highest BCUT2D eigenvalue weighted by molar-refractivity contribution is 9.10. The minimum absolute atomic E-state index is 0.0277. The van der Waals surface area contributed by atoms with Gasteiger partial charge in [-0.3, -0.25) is 9.59 Å². The topological polar surface area (TPSA) is 82.4 Å². The van der Waals surface area contributed by atoms with Gasteiger partial charge < -0.3 is 14.8 Å². The number of carbonyl (C=O) groups is 2. The van der Waals surface area contributed by atoms with Crippen molar-refractivity contribution in [2.24, 2.45) is 0 Å². The van der Waals surface area contributed by atoms with Gasteiger partial charge in [0.15, 0.2) is 5.78 Å². The van der Waals surface area contributed by atoms with Crippen LogP contribution in [0.1, 0.15) is 34.0 Å². The van der Waals surface area contributed by atoms with Crippen LogP contribution in [0.15, 0.2) is 46.9 Å². The molecule has 1 amide bonds. The lowest BCUT2D eigenvalue weighted by Gasteiger charge is -2.24. The zero-order chi connectivity index (χ0) is 21.4. The number of aryl methyl sites for hydroxylation is 1. The number of nitrogens with zero attached hydrogens (tertiary/aromatic N) is 2. The first-order chi connectivity index (χ1) is 14.4. The van der Waals surface area contributed by atoms with E-state index in [1.807, 2.05) is 31.2 Å². The third kappa shape index (κ3) is 3.37. The Labute approximate surface area is 182 Å². The third-order valence-corrected chi connectivity index (χ3v) is 5.69. The first-order valence-corrected chi connectivity index (χ1v) is 10.1. The Morgan fingerprint density at radius 2 is 1.77 bits per heavy atom. The van der Waals surface area contributed by atoms with Crippen molar-refractivity contribution in [1.82, 2.24) is 9.78 Å². The van der Waals surface area contributed by atoms with Gasteiger partial charge in [0.05, 0.1) is 31.5 Å². The maximum Gasteiger partial charge on any atom is 0.226 e. The number of rotatable bonds is 5. The molecule has 154 valence electrons. The lowest BCUT2D eigenvalue weighted by Crippen LogP contribution is -2.29. The minimum Gasteiger partial charge on any atom is -0.496 e. The Hall–Kier alpha value is -3.13. The molecule has 7 nitrogen and oxygen atoms in total. The van der Waals surface area contributed by atoms with E-state index in [1.54, 1.807) is 22.9 Å². The number of methoxy groups -OCH3 is 2. The van der Waals surface area contributed by atoms with E-state index >= 15 is 0 Å². The van der Waals surface area contributed by atoms with E-state index in [2.05, 4.69) is 26.3 Å². The van der Waals surface area contributed by atoms with E-state index in [0.717, 1.165) is 10.2 Å². The van der Waals surface area contributed by atoms with Crippen LogP contribution >= 0.6 is 15.9 Å². The monoisotopic (exact) mass is 469 g/mol. The second-order valence-corrected chi connectivity index (χ2v) is 7.86. The average molecular weight is 470 g/mol. The van der Waals surface area contributed by atoms with E-state index in [4.69, 9.17) is 9.47 Å². The molecule has 0 aliphatic carbocycles. The van der Waals surface area contributed by atoms with Gasteiger partial charge in [0.1, 0.15) is 22.9 Å². The fraction of sp³-hybridized carbons (Fsp3) is 0.227. The molecule has 0 radical (unpaired) electrons. The quantitative estimate of drug-likeness (QED) is 0.564. The molecule has 1 atom stereocenters. The summed E-state index contributed by atoms with van der Waals surface area (Å²) >= 11 is 3.42. The second-order valence-electron chi connectivity index (χ2n) is 6.94. The third-order valence-electron chi connectivity index (χ3n) is 5.16. The van der Waals surface area contributed by atoms with Crippen LogP contribution in [0.5, 0.6) is 11.5 Å². The number of hydrogen-bond acceptors (Lipinski definition) is 5. The fourth-order valence-electron chi connectivity index (χ4n) is 3.81. The van der Waals surface area contributed by atoms with Gasteiger partial charge in [-0.2, -0.15) is 5.10 Å². The van der Waals surface area contributed by atoms with Crippen LogP contribution in [0.25, 0.3) is 5.69 Å². The summed E-state index contributed by atoms with van der Waals surface area (Å²) in [5.41, 5.74) is 2.49. The molecule has 1 N–H and O–H groups in total. The largest absolute Gasteiger partial charge is 0.496 e. The number of ketones is 1. The van der Waals surface area contributed by atoms with Crippen molar-refractivity contribution in [1.29, 1.82) is 0 Å². The molecule has 0 fully saturated rings. The summed E-state index contributed by atoms with van der Waals surface area (Å²) in [6.07, 6.45) is 0.0277. The van der Waals surface area contributed by atoms with Crippen molar-refractivity contribution in [3.63, 3.8) is 0 Å². The summed E-state index contributed by atoms with van der Waals surface area (Å²) in [5.74, 6) is 0.156. The lowest BCUT2D eigenvalue weighted by molar-refractivity contribution is -0.116. The molecule has 2 heterocycles. The zero-order valence-electron chi connectivity index (χ0n) is 16.7. The van der Waals surface area contributed by atoms with E-state index < -0.39 is 5.92 Å². The van der Waals surface area contributed by atoms with Crippen LogP contribution in [-0.4, -0.2) is 35.7 Å². The Morgan fingerprint density at radius 1 is 1.13 bits per heavy atom. The number of Topliss-reactive ketones (excluding diaryl/α,β-unsaturated/α-hetero) is 1. The van der Waals surface area contributed by atoms with Gasteiger partial charge in [0.25, 0.3) is 0 Å². The second kappa shape index (κ2) is 7.95. The molecule has 1 aromatic heterocycles. The van der Waals surface area contributed by atoms with Gasteiger partial charge in [0.2, 0.25) is 5.91 Å². The van der Waals surface area contributed by atoms with Crippen LogP contribution in [0.2, 0.25) is 0 Å². The number of benzene rings is 2. The van der Waals surface area contributed by atoms with E-state index in [-0.39, 0.29) is 18.1 Å². The van der Waals surface area contributed by atoms with Crippen molar-refractivity contribution in [2.75, 3.05) is 19.5 Å². The maximum atomic E-state index is 13.6. The zero-order valence-corrected chi connectivity index (χ0v) is 18.3. The van der Waals surface area contributed by atoms with E-state index in [9.17, 15) is 9.59 Å². The molecule has 0 bridgehead atoms. The van der Waals surface area contributed by atoms with E-state index in [1.165, 1.54) is 14.2 Å². The van der Waals surface area contributed by atoms with Crippen molar-refractivity contribution in [3.8, 4) is 17.2 Å². The highest BCUT2D eigenvalue weighted by atomic mass is 79.9. The molecule has 0 saturated carbocycles. The smallest absolute Gasteiger partial charge is 0.226 e.